The number of likely N-dealkylation sites (tertiary alicyclic amines) is 1. The fourth-order valence-electron chi connectivity index (χ4n) is 4.24. The van der Waals surface area contributed by atoms with Crippen molar-refractivity contribution in [3.63, 3.8) is 0 Å². The molecule has 30 heavy (non-hydrogen) atoms. The van der Waals surface area contributed by atoms with Crippen molar-refractivity contribution in [3.8, 4) is 0 Å². The number of piperidine rings is 1. The van der Waals surface area contributed by atoms with E-state index in [2.05, 4.69) is 29.3 Å². The van der Waals surface area contributed by atoms with Crippen molar-refractivity contribution in [2.24, 2.45) is 10.9 Å². The summed E-state index contributed by atoms with van der Waals surface area (Å²) in [7, 11) is 0. The summed E-state index contributed by atoms with van der Waals surface area (Å²) in [6.45, 7) is 8.08. The Morgan fingerprint density at radius 2 is 1.90 bits per heavy atom. The second-order valence-electron chi connectivity index (χ2n) is 7.94. The van der Waals surface area contributed by atoms with Crippen molar-refractivity contribution in [2.45, 2.75) is 26.2 Å². The van der Waals surface area contributed by atoms with Crippen LogP contribution in [0.25, 0.3) is 11.0 Å². The lowest BCUT2D eigenvalue weighted by molar-refractivity contribution is -0.140. The van der Waals surface area contributed by atoms with Crippen molar-refractivity contribution in [1.82, 2.24) is 15.1 Å². The average Bonchev–Trinajstić information content (AvgIpc) is 3.21. The van der Waals surface area contributed by atoms with Gasteiger partial charge < -0.3 is 24.3 Å². The molecule has 0 bridgehead atoms. The number of amides is 1. The van der Waals surface area contributed by atoms with Gasteiger partial charge in [-0.2, -0.15) is 0 Å². The second kappa shape index (κ2) is 9.98. The number of nitrogens with zero attached hydrogens (tertiary/aromatic N) is 3. The molecular weight excluding hydrogens is 380 g/mol. The molecule has 1 N–H and O–H groups in total. The Labute approximate surface area is 178 Å². The minimum atomic E-state index is 0.123. The highest BCUT2D eigenvalue weighted by Crippen LogP contribution is 2.21. The van der Waals surface area contributed by atoms with Crippen molar-refractivity contribution >= 4 is 22.8 Å². The third-order valence-electron chi connectivity index (χ3n) is 5.90. The number of nitrogens with one attached hydrogen (secondary N) is 1. The van der Waals surface area contributed by atoms with Gasteiger partial charge in [-0.1, -0.05) is 18.2 Å². The van der Waals surface area contributed by atoms with Gasteiger partial charge in [0.25, 0.3) is 0 Å². The first-order valence-electron chi connectivity index (χ1n) is 11.1. The van der Waals surface area contributed by atoms with Crippen LogP contribution in [0.4, 0.5) is 0 Å². The molecule has 162 valence electrons. The largest absolute Gasteiger partial charge is 0.461 e. The van der Waals surface area contributed by atoms with Gasteiger partial charge in [0.05, 0.1) is 13.2 Å². The minimum absolute atomic E-state index is 0.123. The molecule has 0 unspecified atom stereocenters. The van der Waals surface area contributed by atoms with E-state index < -0.39 is 0 Å². The van der Waals surface area contributed by atoms with Gasteiger partial charge in [-0.3, -0.25) is 9.79 Å². The molecule has 3 heterocycles. The van der Waals surface area contributed by atoms with Crippen molar-refractivity contribution in [3.05, 3.63) is 36.1 Å². The summed E-state index contributed by atoms with van der Waals surface area (Å²) in [6, 6.07) is 10.2. The predicted molar refractivity (Wildman–Crippen MR) is 118 cm³/mol. The number of hydrogen-bond donors (Lipinski definition) is 1. The number of morpholine rings is 1. The number of fused-ring (bicyclic) bond motifs is 1. The number of benzene rings is 1. The fourth-order valence-corrected chi connectivity index (χ4v) is 4.24. The van der Waals surface area contributed by atoms with E-state index in [1.807, 2.05) is 23.1 Å². The summed E-state index contributed by atoms with van der Waals surface area (Å²) in [5.41, 5.74) is 0.926. The maximum Gasteiger partial charge on any atom is 0.225 e. The van der Waals surface area contributed by atoms with Crippen LogP contribution < -0.4 is 5.32 Å². The van der Waals surface area contributed by atoms with Gasteiger partial charge in [0.15, 0.2) is 5.96 Å². The smallest absolute Gasteiger partial charge is 0.225 e. The number of furan rings is 1. The second-order valence-corrected chi connectivity index (χ2v) is 7.94. The summed E-state index contributed by atoms with van der Waals surface area (Å²) in [5.74, 6) is 2.32. The van der Waals surface area contributed by atoms with Crippen LogP contribution in [0.2, 0.25) is 0 Å². The quantitative estimate of drug-likeness (QED) is 0.604. The first-order chi connectivity index (χ1) is 14.7. The predicted octanol–water partition coefficient (Wildman–Crippen LogP) is 2.51. The van der Waals surface area contributed by atoms with Crippen molar-refractivity contribution in [1.29, 1.82) is 0 Å². The highest BCUT2D eigenvalue weighted by Gasteiger charge is 2.30. The topological polar surface area (TPSA) is 70.3 Å². The molecule has 2 aliphatic heterocycles. The molecule has 0 aliphatic carbocycles. The van der Waals surface area contributed by atoms with Crippen LogP contribution in [-0.4, -0.2) is 74.1 Å². The standard InChI is InChI=1S/C23H32N4O3/c1-2-24-23(25-10-7-20-17-19-5-3-4-6-21(19)30-20)27-11-8-18(9-12-27)22(28)26-13-15-29-16-14-26/h3-6,17-18H,2,7-16H2,1H3,(H,24,25). The maximum atomic E-state index is 12.8. The van der Waals surface area contributed by atoms with Crippen LogP contribution >= 0.6 is 0 Å². The number of guanidine groups is 1. The Morgan fingerprint density at radius 1 is 1.13 bits per heavy atom. The van der Waals surface area contributed by atoms with E-state index in [1.54, 1.807) is 0 Å². The molecular formula is C23H32N4O3. The normalized spacial score (nSPS) is 18.8. The maximum absolute atomic E-state index is 12.8. The lowest BCUT2D eigenvalue weighted by atomic mass is 9.95. The Bertz CT molecular complexity index is 831. The first kappa shape index (κ1) is 20.7. The number of para-hydroxylation sites is 1. The number of aliphatic imine (C=N–C) groups is 1. The van der Waals surface area contributed by atoms with Gasteiger partial charge in [-0.05, 0) is 31.9 Å². The summed E-state index contributed by atoms with van der Waals surface area (Å²) < 4.78 is 11.3. The van der Waals surface area contributed by atoms with Gasteiger partial charge in [0.2, 0.25) is 5.91 Å². The molecule has 0 spiro atoms. The summed E-state index contributed by atoms with van der Waals surface area (Å²) in [5, 5.41) is 4.54. The van der Waals surface area contributed by atoms with Crippen LogP contribution in [0.1, 0.15) is 25.5 Å². The van der Waals surface area contributed by atoms with Crippen LogP contribution in [0, 0.1) is 5.92 Å². The number of hydrogen-bond acceptors (Lipinski definition) is 4. The van der Waals surface area contributed by atoms with Crippen LogP contribution in [0.15, 0.2) is 39.7 Å². The number of ether oxygens (including phenoxy) is 1. The van der Waals surface area contributed by atoms with E-state index in [-0.39, 0.29) is 5.92 Å². The summed E-state index contributed by atoms with van der Waals surface area (Å²) in [6.07, 6.45) is 2.53. The third kappa shape index (κ3) is 4.95. The zero-order valence-electron chi connectivity index (χ0n) is 17.8. The van der Waals surface area contributed by atoms with Gasteiger partial charge in [0, 0.05) is 57.0 Å². The lowest BCUT2D eigenvalue weighted by Gasteiger charge is -2.36. The van der Waals surface area contributed by atoms with Gasteiger partial charge in [0.1, 0.15) is 11.3 Å². The van der Waals surface area contributed by atoms with E-state index in [4.69, 9.17) is 14.1 Å². The average molecular weight is 413 g/mol. The molecule has 0 saturated carbocycles. The zero-order chi connectivity index (χ0) is 20.8. The highest BCUT2D eigenvalue weighted by molar-refractivity contribution is 5.82. The van der Waals surface area contributed by atoms with E-state index in [0.29, 0.717) is 25.7 Å². The molecule has 4 rings (SSSR count). The third-order valence-corrected chi connectivity index (χ3v) is 5.90. The number of carbonyl (C=O) groups excluding carboxylic acids is 1. The Morgan fingerprint density at radius 3 is 2.63 bits per heavy atom. The van der Waals surface area contributed by atoms with Crippen molar-refractivity contribution in [2.75, 3.05) is 52.5 Å². The number of rotatable bonds is 5. The highest BCUT2D eigenvalue weighted by atomic mass is 16.5. The molecule has 1 aromatic carbocycles. The lowest BCUT2D eigenvalue weighted by Crippen LogP contribution is -2.50. The summed E-state index contributed by atoms with van der Waals surface area (Å²) >= 11 is 0. The fraction of sp³-hybridized carbons (Fsp3) is 0.565. The molecule has 2 aliphatic rings. The molecule has 2 fully saturated rings. The van der Waals surface area contributed by atoms with Gasteiger partial charge in [-0.15, -0.1) is 0 Å². The summed E-state index contributed by atoms with van der Waals surface area (Å²) in [4.78, 5) is 21.8. The molecule has 7 nitrogen and oxygen atoms in total. The van der Waals surface area contributed by atoms with Gasteiger partial charge >= 0.3 is 0 Å². The van der Waals surface area contributed by atoms with E-state index >= 15 is 0 Å². The Hall–Kier alpha value is -2.54. The molecule has 2 aromatic rings. The Kier molecular flexibility index (Phi) is 6.89. The van der Waals surface area contributed by atoms with Crippen LogP contribution in [-0.2, 0) is 16.0 Å². The monoisotopic (exact) mass is 412 g/mol. The van der Waals surface area contributed by atoms with Crippen LogP contribution in [0.3, 0.4) is 0 Å². The zero-order valence-corrected chi connectivity index (χ0v) is 17.8. The molecule has 0 radical (unpaired) electrons. The molecule has 1 amide bonds. The molecule has 1 aromatic heterocycles. The van der Waals surface area contributed by atoms with E-state index in [9.17, 15) is 4.79 Å². The van der Waals surface area contributed by atoms with Crippen molar-refractivity contribution < 1.29 is 13.9 Å². The molecule has 2 saturated heterocycles. The van der Waals surface area contributed by atoms with E-state index in [0.717, 1.165) is 74.7 Å². The van der Waals surface area contributed by atoms with Gasteiger partial charge in [-0.25, -0.2) is 0 Å². The number of carbonyl (C=O) groups is 1. The first-order valence-corrected chi connectivity index (χ1v) is 11.1. The minimum Gasteiger partial charge on any atom is -0.461 e. The molecule has 7 heteroatoms. The SMILES string of the molecule is CCNC(=NCCc1cc2ccccc2o1)N1CCC(C(=O)N2CCOCC2)CC1. The van der Waals surface area contributed by atoms with E-state index in [1.165, 1.54) is 0 Å². The van der Waals surface area contributed by atoms with Crippen LogP contribution in [0.5, 0.6) is 0 Å². The molecule has 0 atom stereocenters. The Balaban J connectivity index is 1.30.